The molecule has 1 aliphatic rings. The van der Waals surface area contributed by atoms with Gasteiger partial charge in [0.2, 0.25) is 10.0 Å². The summed E-state index contributed by atoms with van der Waals surface area (Å²) in [5.74, 6) is 1.04. The fourth-order valence-corrected chi connectivity index (χ4v) is 4.51. The molecule has 0 radical (unpaired) electrons. The lowest BCUT2D eigenvalue weighted by Crippen LogP contribution is -2.40. The van der Waals surface area contributed by atoms with E-state index in [2.05, 4.69) is 5.32 Å². The van der Waals surface area contributed by atoms with Gasteiger partial charge in [0.25, 0.3) is 5.91 Å². The summed E-state index contributed by atoms with van der Waals surface area (Å²) in [7, 11) is -3.57. The average molecular weight is 487 g/mol. The van der Waals surface area contributed by atoms with Gasteiger partial charge >= 0.3 is 0 Å². The van der Waals surface area contributed by atoms with Crippen molar-refractivity contribution in [2.75, 3.05) is 23.7 Å². The Morgan fingerprint density at radius 1 is 1.03 bits per heavy atom. The summed E-state index contributed by atoms with van der Waals surface area (Å²) in [5.41, 5.74) is 1.53. The SMILES string of the molecule is CS(=O)(=O)N(Cc1ccccc1Cl)c1ccc(C(=O)NC[C@H]2COc3ccccc3O2)cc1. The number of sulfonamides is 1. The number of nitrogens with zero attached hydrogens (tertiary/aromatic N) is 1. The topological polar surface area (TPSA) is 84.9 Å². The van der Waals surface area contributed by atoms with Crippen LogP contribution in [0.5, 0.6) is 11.5 Å². The predicted molar refractivity (Wildman–Crippen MR) is 128 cm³/mol. The second kappa shape index (κ2) is 9.72. The highest BCUT2D eigenvalue weighted by Gasteiger charge is 2.22. The van der Waals surface area contributed by atoms with Gasteiger partial charge in [-0.25, -0.2) is 8.42 Å². The van der Waals surface area contributed by atoms with Gasteiger partial charge < -0.3 is 14.8 Å². The number of benzene rings is 3. The molecule has 0 saturated heterocycles. The fraction of sp³-hybridized carbons (Fsp3) is 0.208. The monoisotopic (exact) mass is 486 g/mol. The first-order valence-electron chi connectivity index (χ1n) is 10.3. The van der Waals surface area contributed by atoms with E-state index in [1.54, 1.807) is 48.5 Å². The van der Waals surface area contributed by atoms with Crippen molar-refractivity contribution in [3.8, 4) is 11.5 Å². The zero-order valence-corrected chi connectivity index (χ0v) is 19.5. The highest BCUT2D eigenvalue weighted by atomic mass is 35.5. The van der Waals surface area contributed by atoms with Crippen LogP contribution in [-0.4, -0.2) is 39.8 Å². The number of anilines is 1. The van der Waals surface area contributed by atoms with Gasteiger partial charge in [-0.05, 0) is 48.0 Å². The van der Waals surface area contributed by atoms with Crippen molar-refractivity contribution in [3.63, 3.8) is 0 Å². The molecule has 1 aliphatic heterocycles. The van der Waals surface area contributed by atoms with Gasteiger partial charge in [-0.2, -0.15) is 0 Å². The molecular weight excluding hydrogens is 464 g/mol. The molecule has 33 heavy (non-hydrogen) atoms. The van der Waals surface area contributed by atoms with Crippen LogP contribution >= 0.6 is 11.6 Å². The lowest BCUT2D eigenvalue weighted by Gasteiger charge is -2.26. The van der Waals surface area contributed by atoms with Crippen LogP contribution in [0.3, 0.4) is 0 Å². The normalized spacial score (nSPS) is 15.0. The van der Waals surface area contributed by atoms with Gasteiger partial charge in [-0.1, -0.05) is 41.9 Å². The number of amides is 1. The van der Waals surface area contributed by atoms with Crippen LogP contribution in [0.25, 0.3) is 0 Å². The van der Waals surface area contributed by atoms with Crippen molar-refractivity contribution in [1.82, 2.24) is 5.32 Å². The molecule has 4 rings (SSSR count). The first-order chi connectivity index (χ1) is 15.8. The summed E-state index contributed by atoms with van der Waals surface area (Å²) in [4.78, 5) is 12.6. The van der Waals surface area contributed by atoms with Gasteiger partial charge in [-0.15, -0.1) is 0 Å². The molecule has 0 spiro atoms. The Balaban J connectivity index is 1.41. The Morgan fingerprint density at radius 2 is 1.70 bits per heavy atom. The summed E-state index contributed by atoms with van der Waals surface area (Å²) in [5, 5.41) is 3.32. The third-order valence-corrected chi connectivity index (χ3v) is 6.66. The molecule has 0 aliphatic carbocycles. The number of halogens is 1. The van der Waals surface area contributed by atoms with E-state index in [1.165, 1.54) is 4.31 Å². The van der Waals surface area contributed by atoms with Crippen LogP contribution in [0.2, 0.25) is 5.02 Å². The van der Waals surface area contributed by atoms with E-state index in [0.29, 0.717) is 39.9 Å². The van der Waals surface area contributed by atoms with Crippen molar-refractivity contribution in [3.05, 3.63) is 88.9 Å². The molecule has 0 unspecified atom stereocenters. The Labute approximate surface area is 197 Å². The third-order valence-electron chi connectivity index (χ3n) is 5.15. The second-order valence-electron chi connectivity index (χ2n) is 7.62. The minimum Gasteiger partial charge on any atom is -0.486 e. The lowest BCUT2D eigenvalue weighted by atomic mass is 10.1. The quantitative estimate of drug-likeness (QED) is 0.548. The molecule has 1 amide bonds. The Bertz CT molecular complexity index is 1250. The molecule has 7 nitrogen and oxygen atoms in total. The van der Waals surface area contributed by atoms with Crippen molar-refractivity contribution in [2.24, 2.45) is 0 Å². The average Bonchev–Trinajstić information content (AvgIpc) is 2.81. The zero-order valence-electron chi connectivity index (χ0n) is 17.9. The molecule has 1 N–H and O–H groups in total. The molecule has 0 fully saturated rings. The van der Waals surface area contributed by atoms with Crippen molar-refractivity contribution >= 4 is 33.2 Å². The van der Waals surface area contributed by atoms with E-state index >= 15 is 0 Å². The van der Waals surface area contributed by atoms with Crippen LogP contribution in [0.1, 0.15) is 15.9 Å². The van der Waals surface area contributed by atoms with Crippen LogP contribution < -0.4 is 19.1 Å². The third kappa shape index (κ3) is 5.58. The van der Waals surface area contributed by atoms with Gasteiger partial charge in [0, 0.05) is 10.6 Å². The summed E-state index contributed by atoms with van der Waals surface area (Å²) >= 11 is 6.21. The van der Waals surface area contributed by atoms with Gasteiger partial charge in [-0.3, -0.25) is 9.10 Å². The van der Waals surface area contributed by atoms with Crippen LogP contribution in [0.4, 0.5) is 5.69 Å². The molecule has 9 heteroatoms. The maximum Gasteiger partial charge on any atom is 0.251 e. The number of hydrogen-bond acceptors (Lipinski definition) is 5. The van der Waals surface area contributed by atoms with Gasteiger partial charge in [0.05, 0.1) is 25.0 Å². The number of hydrogen-bond donors (Lipinski definition) is 1. The number of carbonyl (C=O) groups excluding carboxylic acids is 1. The van der Waals surface area contributed by atoms with Crippen molar-refractivity contribution < 1.29 is 22.7 Å². The summed E-state index contributed by atoms with van der Waals surface area (Å²) in [6.07, 6.45) is 0.828. The minimum atomic E-state index is -3.57. The summed E-state index contributed by atoms with van der Waals surface area (Å²) in [6.45, 7) is 0.697. The smallest absolute Gasteiger partial charge is 0.251 e. The Kier molecular flexibility index (Phi) is 6.76. The van der Waals surface area contributed by atoms with Crippen LogP contribution in [0, 0.1) is 0 Å². The maximum absolute atomic E-state index is 12.6. The molecule has 3 aromatic rings. The Morgan fingerprint density at radius 3 is 2.39 bits per heavy atom. The molecule has 1 heterocycles. The van der Waals surface area contributed by atoms with Crippen LogP contribution in [0.15, 0.2) is 72.8 Å². The lowest BCUT2D eigenvalue weighted by molar-refractivity contribution is 0.0789. The fourth-order valence-electron chi connectivity index (χ4n) is 3.43. The predicted octanol–water partition coefficient (Wildman–Crippen LogP) is 3.88. The van der Waals surface area contributed by atoms with E-state index in [1.807, 2.05) is 24.3 Å². The summed E-state index contributed by atoms with van der Waals surface area (Å²) in [6, 6.07) is 20.8. The van der Waals surface area contributed by atoms with E-state index in [0.717, 1.165) is 6.26 Å². The largest absolute Gasteiger partial charge is 0.486 e. The molecular formula is C24H23ClN2O5S. The number of para-hydroxylation sites is 2. The highest BCUT2D eigenvalue weighted by Crippen LogP contribution is 2.30. The zero-order chi connectivity index (χ0) is 23.4. The minimum absolute atomic E-state index is 0.0878. The molecule has 0 bridgehead atoms. The Hall–Kier alpha value is -3.23. The van der Waals surface area contributed by atoms with E-state index in [9.17, 15) is 13.2 Å². The number of carbonyl (C=O) groups is 1. The van der Waals surface area contributed by atoms with Crippen molar-refractivity contribution in [2.45, 2.75) is 12.6 Å². The molecule has 0 saturated carbocycles. The molecule has 3 aromatic carbocycles. The van der Waals surface area contributed by atoms with E-state index in [4.69, 9.17) is 21.1 Å². The number of ether oxygens (including phenoxy) is 2. The summed E-state index contributed by atoms with van der Waals surface area (Å²) < 4.78 is 37.6. The maximum atomic E-state index is 12.6. The second-order valence-corrected chi connectivity index (χ2v) is 9.93. The molecule has 0 aromatic heterocycles. The van der Waals surface area contributed by atoms with Crippen molar-refractivity contribution in [1.29, 1.82) is 0 Å². The van der Waals surface area contributed by atoms with Gasteiger partial charge in [0.15, 0.2) is 11.5 Å². The first kappa shape index (κ1) is 22.9. The first-order valence-corrected chi connectivity index (χ1v) is 12.5. The molecule has 172 valence electrons. The standard InChI is InChI=1S/C24H23ClN2O5S/c1-33(29,30)27(15-18-6-2-3-7-21(18)25)19-12-10-17(11-13-19)24(28)26-14-20-16-31-22-8-4-5-9-23(22)32-20/h2-13,20H,14-16H2,1H3,(H,26,28)/t20-/m0/s1. The molecule has 1 atom stereocenters. The number of rotatable bonds is 7. The number of fused-ring (bicyclic) bond motifs is 1. The van der Waals surface area contributed by atoms with E-state index < -0.39 is 10.0 Å². The van der Waals surface area contributed by atoms with E-state index in [-0.39, 0.29) is 25.1 Å². The van der Waals surface area contributed by atoms with Crippen LogP contribution in [-0.2, 0) is 16.6 Å². The highest BCUT2D eigenvalue weighted by molar-refractivity contribution is 7.92. The van der Waals surface area contributed by atoms with Gasteiger partial charge in [0.1, 0.15) is 12.7 Å². The number of nitrogens with one attached hydrogen (secondary N) is 1.